The first-order valence-corrected chi connectivity index (χ1v) is 5.42. The molecule has 94 valence electrons. The Hall–Kier alpha value is -2.34. The topological polar surface area (TPSA) is 93.2 Å². The van der Waals surface area contributed by atoms with E-state index in [4.69, 9.17) is 10.4 Å². The predicted molar refractivity (Wildman–Crippen MR) is 68.2 cm³/mol. The zero-order chi connectivity index (χ0) is 13.1. The van der Waals surface area contributed by atoms with Crippen LogP contribution in [0.1, 0.15) is 21.7 Å². The van der Waals surface area contributed by atoms with Gasteiger partial charge in [-0.25, -0.2) is 0 Å². The Bertz CT molecular complexity index is 577. The smallest absolute Gasteiger partial charge is 0.257 e. The van der Waals surface area contributed by atoms with E-state index in [-0.39, 0.29) is 5.91 Å². The molecule has 0 bridgehead atoms. The van der Waals surface area contributed by atoms with Gasteiger partial charge in [0.25, 0.3) is 5.91 Å². The third-order valence-electron chi connectivity index (χ3n) is 2.51. The third-order valence-corrected chi connectivity index (χ3v) is 2.51. The van der Waals surface area contributed by atoms with E-state index in [0.29, 0.717) is 17.1 Å². The molecule has 1 amide bonds. The number of aryl methyl sites for hydroxylation is 2. The minimum absolute atomic E-state index is 0.232. The summed E-state index contributed by atoms with van der Waals surface area (Å²) in [5, 5.41) is 6.37. The first-order valence-electron chi connectivity index (χ1n) is 5.42. The summed E-state index contributed by atoms with van der Waals surface area (Å²) >= 11 is 0. The number of rotatable bonds is 3. The number of carbonyl (C=O) groups excluding carboxylic acids is 1. The minimum Gasteiger partial charge on any atom is -0.360 e. The molecule has 0 unspecified atom stereocenters. The molecule has 0 aliphatic rings. The summed E-state index contributed by atoms with van der Waals surface area (Å²) in [4.78, 5) is 12.0. The van der Waals surface area contributed by atoms with Gasteiger partial charge in [-0.3, -0.25) is 10.6 Å². The van der Waals surface area contributed by atoms with E-state index in [1.165, 1.54) is 0 Å². The van der Waals surface area contributed by atoms with Gasteiger partial charge in [-0.05, 0) is 37.6 Å². The summed E-state index contributed by atoms with van der Waals surface area (Å²) in [6.07, 6.45) is 0. The number of nitrogens with one attached hydrogen (secondary N) is 2. The van der Waals surface area contributed by atoms with Gasteiger partial charge in [-0.1, -0.05) is 5.16 Å². The molecule has 4 N–H and O–H groups in total. The Morgan fingerprint density at radius 3 is 2.67 bits per heavy atom. The van der Waals surface area contributed by atoms with E-state index in [9.17, 15) is 4.79 Å². The highest BCUT2D eigenvalue weighted by Gasteiger charge is 2.11. The van der Waals surface area contributed by atoms with Crippen molar-refractivity contribution in [3.63, 3.8) is 0 Å². The quantitative estimate of drug-likeness (QED) is 0.567. The molecule has 18 heavy (non-hydrogen) atoms. The van der Waals surface area contributed by atoms with E-state index >= 15 is 0 Å². The highest BCUT2D eigenvalue weighted by Crippen LogP contribution is 2.16. The molecule has 1 heterocycles. The molecule has 6 nitrogen and oxygen atoms in total. The van der Waals surface area contributed by atoms with Crippen molar-refractivity contribution in [3.05, 3.63) is 41.2 Å². The van der Waals surface area contributed by atoms with E-state index in [1.807, 2.05) is 6.92 Å². The number of nitrogens with two attached hydrogens (primary N) is 1. The van der Waals surface area contributed by atoms with Gasteiger partial charge in [0.15, 0.2) is 5.82 Å². The molecule has 1 aromatic heterocycles. The second kappa shape index (κ2) is 4.89. The zero-order valence-electron chi connectivity index (χ0n) is 10.2. The fourth-order valence-corrected chi connectivity index (χ4v) is 1.62. The van der Waals surface area contributed by atoms with Crippen molar-refractivity contribution in [2.75, 3.05) is 10.7 Å². The summed E-state index contributed by atoms with van der Waals surface area (Å²) in [5.41, 5.74) is 4.67. The van der Waals surface area contributed by atoms with Crippen LogP contribution in [0.25, 0.3) is 0 Å². The molecular formula is C12H14N4O2. The van der Waals surface area contributed by atoms with Crippen LogP contribution in [0.5, 0.6) is 0 Å². The van der Waals surface area contributed by atoms with Crippen LogP contribution in [0, 0.1) is 13.8 Å². The number of nitrogens with zero attached hydrogens (tertiary/aromatic N) is 1. The van der Waals surface area contributed by atoms with Gasteiger partial charge in [-0.2, -0.15) is 0 Å². The molecule has 0 aliphatic heterocycles. The van der Waals surface area contributed by atoms with Gasteiger partial charge < -0.3 is 15.3 Å². The lowest BCUT2D eigenvalue weighted by atomic mass is 10.1. The normalized spacial score (nSPS) is 10.2. The number of hydrogen-bond donors (Lipinski definition) is 3. The Labute approximate surface area is 104 Å². The van der Waals surface area contributed by atoms with Crippen molar-refractivity contribution >= 4 is 17.4 Å². The summed E-state index contributed by atoms with van der Waals surface area (Å²) < 4.78 is 4.88. The molecule has 6 heteroatoms. The van der Waals surface area contributed by atoms with Crippen LogP contribution in [0.2, 0.25) is 0 Å². The van der Waals surface area contributed by atoms with Gasteiger partial charge in [0.05, 0.1) is 0 Å². The van der Waals surface area contributed by atoms with Crippen LogP contribution in [-0.4, -0.2) is 11.1 Å². The van der Waals surface area contributed by atoms with Crippen LogP contribution in [0.15, 0.2) is 28.8 Å². The first-order chi connectivity index (χ1) is 8.60. The predicted octanol–water partition coefficient (Wildman–Crippen LogP) is 1.83. The van der Waals surface area contributed by atoms with Gasteiger partial charge in [0.1, 0.15) is 5.76 Å². The molecule has 0 aliphatic carbocycles. The number of carbonyl (C=O) groups is 1. The van der Waals surface area contributed by atoms with Crippen molar-refractivity contribution in [3.8, 4) is 0 Å². The fourth-order valence-electron chi connectivity index (χ4n) is 1.62. The monoisotopic (exact) mass is 246 g/mol. The molecule has 0 radical (unpaired) electrons. The van der Waals surface area contributed by atoms with Crippen LogP contribution < -0.4 is 16.6 Å². The Morgan fingerprint density at radius 2 is 2.11 bits per heavy atom. The van der Waals surface area contributed by atoms with Gasteiger partial charge in [0.2, 0.25) is 0 Å². The average Bonchev–Trinajstić information content (AvgIpc) is 2.74. The van der Waals surface area contributed by atoms with Crippen molar-refractivity contribution in [2.24, 2.45) is 5.84 Å². The Balaban J connectivity index is 2.18. The molecule has 2 aromatic rings. The molecule has 0 atom stereocenters. The second-order valence-corrected chi connectivity index (χ2v) is 3.95. The summed E-state index contributed by atoms with van der Waals surface area (Å²) in [7, 11) is 0. The van der Waals surface area contributed by atoms with Crippen molar-refractivity contribution < 1.29 is 9.32 Å². The highest BCUT2D eigenvalue weighted by molar-refractivity contribution is 6.05. The lowest BCUT2D eigenvalue weighted by molar-refractivity contribution is 0.102. The summed E-state index contributed by atoms with van der Waals surface area (Å²) in [6, 6.07) is 6.88. The van der Waals surface area contributed by atoms with Crippen molar-refractivity contribution in [2.45, 2.75) is 13.8 Å². The molecule has 1 aromatic carbocycles. The van der Waals surface area contributed by atoms with Crippen LogP contribution in [0.4, 0.5) is 11.5 Å². The number of anilines is 2. The maximum absolute atomic E-state index is 12.0. The molecular weight excluding hydrogens is 232 g/mol. The summed E-state index contributed by atoms with van der Waals surface area (Å²) in [6.45, 7) is 3.60. The van der Waals surface area contributed by atoms with E-state index in [0.717, 1.165) is 11.3 Å². The largest absolute Gasteiger partial charge is 0.360 e. The number of hydrogen-bond acceptors (Lipinski definition) is 5. The Morgan fingerprint density at radius 1 is 1.33 bits per heavy atom. The SMILES string of the molecule is Cc1cc(NC(=O)c2ccc(NN)cc2C)no1. The lowest BCUT2D eigenvalue weighted by Crippen LogP contribution is -2.14. The Kier molecular flexibility index (Phi) is 3.29. The number of amides is 1. The maximum Gasteiger partial charge on any atom is 0.257 e. The van der Waals surface area contributed by atoms with E-state index in [2.05, 4.69) is 15.9 Å². The minimum atomic E-state index is -0.232. The van der Waals surface area contributed by atoms with E-state index in [1.54, 1.807) is 31.2 Å². The molecule has 0 fully saturated rings. The van der Waals surface area contributed by atoms with Gasteiger partial charge in [-0.15, -0.1) is 0 Å². The standard InChI is InChI=1S/C12H14N4O2/c1-7-5-9(15-13)3-4-10(7)12(17)14-11-6-8(2)18-16-11/h3-6,15H,13H2,1-2H3,(H,14,16,17). The van der Waals surface area contributed by atoms with Crippen LogP contribution >= 0.6 is 0 Å². The molecule has 0 spiro atoms. The van der Waals surface area contributed by atoms with Gasteiger partial charge >= 0.3 is 0 Å². The first kappa shape index (κ1) is 12.1. The second-order valence-electron chi connectivity index (χ2n) is 3.95. The lowest BCUT2D eigenvalue weighted by Gasteiger charge is -2.07. The third kappa shape index (κ3) is 2.49. The zero-order valence-corrected chi connectivity index (χ0v) is 10.2. The number of hydrazine groups is 1. The van der Waals surface area contributed by atoms with Crippen LogP contribution in [0.3, 0.4) is 0 Å². The fraction of sp³-hybridized carbons (Fsp3) is 0.167. The summed E-state index contributed by atoms with van der Waals surface area (Å²) in [5.74, 6) is 6.11. The number of nitrogen functional groups attached to an aromatic ring is 1. The van der Waals surface area contributed by atoms with E-state index < -0.39 is 0 Å². The average molecular weight is 246 g/mol. The maximum atomic E-state index is 12.0. The van der Waals surface area contributed by atoms with Gasteiger partial charge in [0, 0.05) is 17.3 Å². The van der Waals surface area contributed by atoms with Crippen molar-refractivity contribution in [1.29, 1.82) is 0 Å². The molecule has 2 rings (SSSR count). The molecule has 0 saturated heterocycles. The highest BCUT2D eigenvalue weighted by atomic mass is 16.5. The number of aromatic nitrogens is 1. The number of benzene rings is 1. The molecule has 0 saturated carbocycles. The van der Waals surface area contributed by atoms with Crippen molar-refractivity contribution in [1.82, 2.24) is 5.16 Å². The van der Waals surface area contributed by atoms with Crippen LogP contribution in [-0.2, 0) is 0 Å².